The molecule has 0 atom stereocenters. The van der Waals surface area contributed by atoms with Gasteiger partial charge in [-0.2, -0.15) is 0 Å². The zero-order chi connectivity index (χ0) is 17.7. The van der Waals surface area contributed by atoms with E-state index in [4.69, 9.17) is 0 Å². The van der Waals surface area contributed by atoms with Crippen molar-refractivity contribution in [2.24, 2.45) is 0 Å². The lowest BCUT2D eigenvalue weighted by atomic mass is 9.79. The van der Waals surface area contributed by atoms with Crippen LogP contribution in [0.3, 0.4) is 0 Å². The van der Waals surface area contributed by atoms with Crippen LogP contribution in [0.25, 0.3) is 0 Å². The van der Waals surface area contributed by atoms with E-state index in [0.29, 0.717) is 18.5 Å². The van der Waals surface area contributed by atoms with Crippen molar-refractivity contribution in [1.82, 2.24) is 10.2 Å². The predicted molar refractivity (Wildman–Crippen MR) is 94.9 cm³/mol. The number of rotatable bonds is 1. The Balaban J connectivity index is 1.74. The van der Waals surface area contributed by atoms with Crippen LogP contribution in [0.15, 0.2) is 18.2 Å². The highest BCUT2D eigenvalue weighted by molar-refractivity contribution is 5.97. The van der Waals surface area contributed by atoms with Crippen molar-refractivity contribution in [2.75, 3.05) is 13.1 Å². The molecule has 2 heterocycles. The van der Waals surface area contributed by atoms with Crippen LogP contribution in [0.4, 0.5) is 4.39 Å². The van der Waals surface area contributed by atoms with Gasteiger partial charge in [0.1, 0.15) is 5.82 Å². The van der Waals surface area contributed by atoms with E-state index in [9.17, 15) is 14.0 Å². The van der Waals surface area contributed by atoms with E-state index in [2.05, 4.69) is 5.32 Å². The molecule has 0 aromatic heterocycles. The SMILES string of the molecule is O=CN1CCCCC2(CCCC1)CCC(=O)c1cc(F)ccc1CN2. The molecule has 0 saturated carbocycles. The molecule has 4 nitrogen and oxygen atoms in total. The number of carbonyl (C=O) groups excluding carboxylic acids is 2. The molecule has 0 aliphatic carbocycles. The molecule has 5 heteroatoms. The van der Waals surface area contributed by atoms with Crippen LogP contribution < -0.4 is 5.32 Å². The van der Waals surface area contributed by atoms with Gasteiger partial charge in [-0.3, -0.25) is 9.59 Å². The molecule has 0 radical (unpaired) electrons. The van der Waals surface area contributed by atoms with Crippen molar-refractivity contribution in [3.63, 3.8) is 0 Å². The maximum atomic E-state index is 13.5. The Morgan fingerprint density at radius 2 is 1.80 bits per heavy atom. The summed E-state index contributed by atoms with van der Waals surface area (Å²) in [5.41, 5.74) is 1.41. The molecule has 0 unspecified atom stereocenters. The molecule has 1 aromatic carbocycles. The summed E-state index contributed by atoms with van der Waals surface area (Å²) in [4.78, 5) is 25.5. The zero-order valence-electron chi connectivity index (χ0n) is 14.7. The van der Waals surface area contributed by atoms with E-state index in [-0.39, 0.29) is 17.1 Å². The Bertz CT molecular complexity index is 620. The van der Waals surface area contributed by atoms with E-state index >= 15 is 0 Å². The van der Waals surface area contributed by atoms with Crippen LogP contribution >= 0.6 is 0 Å². The molecule has 0 bridgehead atoms. The lowest BCUT2D eigenvalue weighted by Crippen LogP contribution is -2.47. The third-order valence-corrected chi connectivity index (χ3v) is 5.71. The first-order chi connectivity index (χ1) is 12.1. The Kier molecular flexibility index (Phi) is 5.84. The predicted octanol–water partition coefficient (Wildman–Crippen LogP) is 3.44. The van der Waals surface area contributed by atoms with E-state index in [1.165, 1.54) is 12.1 Å². The first kappa shape index (κ1) is 18.1. The fourth-order valence-electron chi connectivity index (χ4n) is 4.15. The van der Waals surface area contributed by atoms with E-state index in [1.807, 2.05) is 4.90 Å². The van der Waals surface area contributed by atoms with Crippen molar-refractivity contribution in [3.05, 3.63) is 35.1 Å². The van der Waals surface area contributed by atoms with Crippen LogP contribution in [0.5, 0.6) is 0 Å². The van der Waals surface area contributed by atoms with Crippen LogP contribution in [0.2, 0.25) is 0 Å². The van der Waals surface area contributed by atoms with Gasteiger partial charge in [0.05, 0.1) is 0 Å². The van der Waals surface area contributed by atoms with Gasteiger partial charge < -0.3 is 10.2 Å². The Morgan fingerprint density at radius 3 is 2.48 bits per heavy atom. The zero-order valence-corrected chi connectivity index (χ0v) is 14.7. The smallest absolute Gasteiger partial charge is 0.209 e. The fourth-order valence-corrected chi connectivity index (χ4v) is 4.15. The number of nitrogens with zero attached hydrogens (tertiary/aromatic N) is 1. The lowest BCUT2D eigenvalue weighted by Gasteiger charge is -2.38. The van der Waals surface area contributed by atoms with Crippen molar-refractivity contribution in [2.45, 2.75) is 63.5 Å². The second kappa shape index (κ2) is 8.09. The minimum Gasteiger partial charge on any atom is -0.345 e. The molecular weight excluding hydrogens is 319 g/mol. The minimum absolute atomic E-state index is 0.0227. The second-order valence-corrected chi connectivity index (χ2v) is 7.41. The third kappa shape index (κ3) is 4.46. The Labute approximate surface area is 148 Å². The number of amides is 1. The summed E-state index contributed by atoms with van der Waals surface area (Å²) in [5, 5.41) is 3.72. The molecule has 25 heavy (non-hydrogen) atoms. The molecular formula is C20H27FN2O2. The van der Waals surface area contributed by atoms with Gasteiger partial charge in [0, 0.05) is 37.2 Å². The molecule has 1 N–H and O–H groups in total. The highest BCUT2D eigenvalue weighted by Crippen LogP contribution is 2.31. The summed E-state index contributed by atoms with van der Waals surface area (Å²) in [6.45, 7) is 2.25. The van der Waals surface area contributed by atoms with E-state index < -0.39 is 0 Å². The van der Waals surface area contributed by atoms with Crippen molar-refractivity contribution in [3.8, 4) is 0 Å². The highest BCUT2D eigenvalue weighted by atomic mass is 19.1. The summed E-state index contributed by atoms with van der Waals surface area (Å²) < 4.78 is 13.5. The maximum absolute atomic E-state index is 13.5. The number of halogens is 1. The molecule has 1 saturated heterocycles. The third-order valence-electron chi connectivity index (χ3n) is 5.71. The number of Topliss-reactive ketones (excluding diaryl/α,β-unsaturated/α-hetero) is 1. The van der Waals surface area contributed by atoms with Gasteiger partial charge in [0.2, 0.25) is 6.41 Å². The number of ketones is 1. The first-order valence-electron chi connectivity index (χ1n) is 9.38. The van der Waals surface area contributed by atoms with Gasteiger partial charge in [-0.15, -0.1) is 0 Å². The summed E-state index contributed by atoms with van der Waals surface area (Å²) in [5.74, 6) is -0.291. The molecule has 136 valence electrons. The average Bonchev–Trinajstić information content (AvgIpc) is 2.62. The number of fused-ring (bicyclic) bond motifs is 1. The number of benzene rings is 1. The number of carbonyl (C=O) groups is 2. The Morgan fingerprint density at radius 1 is 1.08 bits per heavy atom. The molecule has 2 aliphatic heterocycles. The molecule has 1 aromatic rings. The van der Waals surface area contributed by atoms with Gasteiger partial charge in [0.15, 0.2) is 5.78 Å². The van der Waals surface area contributed by atoms with Gasteiger partial charge in [0.25, 0.3) is 0 Å². The molecule has 1 fully saturated rings. The van der Waals surface area contributed by atoms with Crippen molar-refractivity contribution >= 4 is 12.2 Å². The number of nitrogens with one attached hydrogen (secondary N) is 1. The quantitative estimate of drug-likeness (QED) is 0.793. The van der Waals surface area contributed by atoms with Gasteiger partial charge in [-0.05, 0) is 62.6 Å². The summed E-state index contributed by atoms with van der Waals surface area (Å²) in [7, 11) is 0. The molecule has 1 amide bonds. The minimum atomic E-state index is -0.346. The fraction of sp³-hybridized carbons (Fsp3) is 0.600. The van der Waals surface area contributed by atoms with Crippen LogP contribution in [0, 0.1) is 5.82 Å². The van der Waals surface area contributed by atoms with Gasteiger partial charge in [-0.25, -0.2) is 4.39 Å². The Hall–Kier alpha value is -1.75. The monoisotopic (exact) mass is 346 g/mol. The summed E-state index contributed by atoms with van der Waals surface area (Å²) in [6, 6.07) is 4.54. The van der Waals surface area contributed by atoms with Crippen molar-refractivity contribution in [1.29, 1.82) is 0 Å². The first-order valence-corrected chi connectivity index (χ1v) is 9.38. The second-order valence-electron chi connectivity index (χ2n) is 7.41. The van der Waals surface area contributed by atoms with Crippen LogP contribution in [-0.2, 0) is 11.3 Å². The van der Waals surface area contributed by atoms with Gasteiger partial charge >= 0.3 is 0 Å². The molecule has 1 spiro atoms. The highest BCUT2D eigenvalue weighted by Gasteiger charge is 2.32. The largest absolute Gasteiger partial charge is 0.345 e. The summed E-state index contributed by atoms with van der Waals surface area (Å²) in [6.07, 6.45) is 8.34. The number of hydrogen-bond acceptors (Lipinski definition) is 3. The standard InChI is InChI=1S/C20H27FN2O2/c21-17-6-5-16-14-22-20(10-7-19(25)18(16)13-17)8-1-3-11-23(15-24)12-4-2-9-20/h5-6,13,15,22H,1-4,7-12,14H2. The van der Waals surface area contributed by atoms with Crippen molar-refractivity contribution < 1.29 is 14.0 Å². The summed E-state index contributed by atoms with van der Waals surface area (Å²) >= 11 is 0. The van der Waals surface area contributed by atoms with Crippen LogP contribution in [-0.4, -0.2) is 35.7 Å². The van der Waals surface area contributed by atoms with E-state index in [0.717, 1.165) is 70.0 Å². The normalized spacial score (nSPS) is 22.0. The van der Waals surface area contributed by atoms with Crippen LogP contribution in [0.1, 0.15) is 67.3 Å². The molecule has 2 aliphatic rings. The topological polar surface area (TPSA) is 49.4 Å². The average molecular weight is 346 g/mol. The molecule has 3 rings (SSSR count). The lowest BCUT2D eigenvalue weighted by molar-refractivity contribution is -0.118. The maximum Gasteiger partial charge on any atom is 0.209 e. The number of hydrogen-bond donors (Lipinski definition) is 1. The van der Waals surface area contributed by atoms with Gasteiger partial charge in [-0.1, -0.05) is 6.07 Å². The van der Waals surface area contributed by atoms with E-state index in [1.54, 1.807) is 6.07 Å².